The van der Waals surface area contributed by atoms with Crippen LogP contribution >= 0.6 is 0 Å². The second kappa shape index (κ2) is 16.6. The van der Waals surface area contributed by atoms with Crippen molar-refractivity contribution in [3.05, 3.63) is 47.7 Å². The molecule has 1 aliphatic heterocycles. The van der Waals surface area contributed by atoms with E-state index in [4.69, 9.17) is 0 Å². The number of Topliss-reactive ketones (excluding diaryl/α,β-unsaturated/α-hetero) is 1. The Morgan fingerprint density at radius 1 is 1.03 bits per heavy atom. The van der Waals surface area contributed by atoms with Crippen LogP contribution in [0.1, 0.15) is 86.0 Å². The van der Waals surface area contributed by atoms with Crippen molar-refractivity contribution in [3.8, 4) is 0 Å². The highest BCUT2D eigenvalue weighted by atomic mass is 19.3. The molecule has 0 amide bonds. The fraction of sp³-hybridized carbons (Fsp3) is 0.615. The van der Waals surface area contributed by atoms with E-state index in [0.717, 1.165) is 43.6 Å². The molecule has 0 unspecified atom stereocenters. The van der Waals surface area contributed by atoms with Gasteiger partial charge >= 0.3 is 0 Å². The highest BCUT2D eigenvalue weighted by Gasteiger charge is 2.23. The molecule has 0 aromatic heterocycles. The molecule has 2 rings (SSSR count). The van der Waals surface area contributed by atoms with Crippen molar-refractivity contribution in [1.29, 1.82) is 0 Å². The van der Waals surface area contributed by atoms with E-state index in [1.807, 2.05) is 50.2 Å². The number of hydrogen-bond donors (Lipinski definition) is 0. The van der Waals surface area contributed by atoms with Gasteiger partial charge in [0.2, 0.25) is 5.92 Å². The number of carbonyl (C=O) groups is 1. The molecule has 0 atom stereocenters. The smallest absolute Gasteiger partial charge is 0.247 e. The van der Waals surface area contributed by atoms with Gasteiger partial charge < -0.3 is 4.90 Å². The summed E-state index contributed by atoms with van der Waals surface area (Å²) < 4.78 is 24.3. The summed E-state index contributed by atoms with van der Waals surface area (Å²) in [5, 5.41) is 0. The molecule has 176 valence electrons. The van der Waals surface area contributed by atoms with E-state index < -0.39 is 5.92 Å². The molecular formula is C26H42F2N2O. The Morgan fingerprint density at radius 3 is 1.90 bits per heavy atom. The normalized spacial score (nSPS) is 15.5. The lowest BCUT2D eigenvalue weighted by molar-refractivity contribution is -0.115. The van der Waals surface area contributed by atoms with E-state index in [-0.39, 0.29) is 18.6 Å². The predicted molar refractivity (Wildman–Crippen MR) is 129 cm³/mol. The second-order valence-electron chi connectivity index (χ2n) is 7.82. The lowest BCUT2D eigenvalue weighted by Crippen LogP contribution is -2.20. The molecule has 0 bridgehead atoms. The van der Waals surface area contributed by atoms with Gasteiger partial charge in [0.05, 0.1) is 0 Å². The molecule has 1 saturated heterocycles. The molecule has 1 aromatic rings. The van der Waals surface area contributed by atoms with Crippen LogP contribution in [0.25, 0.3) is 0 Å². The number of likely N-dealkylation sites (tertiary alicyclic amines) is 1. The highest BCUT2D eigenvalue weighted by molar-refractivity contribution is 5.99. The van der Waals surface area contributed by atoms with E-state index >= 15 is 0 Å². The van der Waals surface area contributed by atoms with Gasteiger partial charge in [-0.05, 0) is 31.8 Å². The van der Waals surface area contributed by atoms with Crippen molar-refractivity contribution in [2.75, 3.05) is 13.6 Å². The number of nitrogens with zero attached hydrogens (tertiary/aromatic N) is 2. The zero-order chi connectivity index (χ0) is 23.7. The van der Waals surface area contributed by atoms with Crippen molar-refractivity contribution in [1.82, 2.24) is 4.90 Å². The maximum absolute atomic E-state index is 12.2. The lowest BCUT2D eigenvalue weighted by atomic mass is 10.1. The van der Waals surface area contributed by atoms with Crippen molar-refractivity contribution in [3.63, 3.8) is 0 Å². The summed E-state index contributed by atoms with van der Waals surface area (Å²) >= 11 is 0. The quantitative estimate of drug-likeness (QED) is 0.391. The van der Waals surface area contributed by atoms with Gasteiger partial charge in [0, 0.05) is 39.3 Å². The zero-order valence-corrected chi connectivity index (χ0v) is 20.4. The largest absolute Gasteiger partial charge is 0.363 e. The van der Waals surface area contributed by atoms with E-state index in [9.17, 15) is 13.6 Å². The standard InChI is InChI=1S/C14H24N2O.C6H12F2.C6H6/c1-5-8-12(17)14(11(3)6-2)15-13-9-7-10-16(13)4;1-3-5-6(7,8)4-2;1-2-4-6-5-3-1/h5-10H2,1-4H3;3-5H2,1-2H3;1-6H. The van der Waals surface area contributed by atoms with Gasteiger partial charge in [-0.2, -0.15) is 0 Å². The third-order valence-electron chi connectivity index (χ3n) is 5.05. The Morgan fingerprint density at radius 2 is 1.58 bits per heavy atom. The number of amidine groups is 1. The molecule has 1 aromatic carbocycles. The minimum atomic E-state index is -2.41. The van der Waals surface area contributed by atoms with Crippen molar-refractivity contribution < 1.29 is 13.6 Å². The van der Waals surface area contributed by atoms with Gasteiger partial charge in [0.1, 0.15) is 11.5 Å². The summed E-state index contributed by atoms with van der Waals surface area (Å²) in [6, 6.07) is 12.0. The number of rotatable bonds is 8. The van der Waals surface area contributed by atoms with Crippen LogP contribution in [0.2, 0.25) is 0 Å². The summed E-state index contributed by atoms with van der Waals surface area (Å²) in [4.78, 5) is 18.8. The number of benzene rings is 1. The molecule has 0 radical (unpaired) electrons. The summed E-state index contributed by atoms with van der Waals surface area (Å²) in [5.41, 5.74) is 1.81. The van der Waals surface area contributed by atoms with Crippen LogP contribution in [0.15, 0.2) is 52.7 Å². The van der Waals surface area contributed by atoms with Gasteiger partial charge in [0.25, 0.3) is 0 Å². The van der Waals surface area contributed by atoms with Crippen LogP contribution in [0.5, 0.6) is 0 Å². The minimum absolute atomic E-state index is 0.0269. The van der Waals surface area contributed by atoms with Gasteiger partial charge in [-0.15, -0.1) is 0 Å². The minimum Gasteiger partial charge on any atom is -0.363 e. The second-order valence-corrected chi connectivity index (χ2v) is 7.82. The molecular weight excluding hydrogens is 394 g/mol. The summed E-state index contributed by atoms with van der Waals surface area (Å²) in [7, 11) is 2.05. The van der Waals surface area contributed by atoms with Crippen LogP contribution < -0.4 is 0 Å². The number of aliphatic imine (C=N–C) groups is 1. The molecule has 5 heteroatoms. The van der Waals surface area contributed by atoms with E-state index in [1.165, 1.54) is 6.92 Å². The number of allylic oxidation sites excluding steroid dienone is 2. The Balaban J connectivity index is 0.000000528. The van der Waals surface area contributed by atoms with E-state index in [0.29, 0.717) is 18.5 Å². The van der Waals surface area contributed by atoms with Gasteiger partial charge in [-0.1, -0.05) is 70.5 Å². The average molecular weight is 437 g/mol. The molecule has 0 spiro atoms. The highest BCUT2D eigenvalue weighted by Crippen LogP contribution is 2.23. The van der Waals surface area contributed by atoms with Crippen LogP contribution in [0.3, 0.4) is 0 Å². The predicted octanol–water partition coefficient (Wildman–Crippen LogP) is 7.68. The third-order valence-corrected chi connectivity index (χ3v) is 5.05. The first-order valence-electron chi connectivity index (χ1n) is 11.6. The Bertz CT molecular complexity index is 643. The molecule has 0 aliphatic carbocycles. The van der Waals surface area contributed by atoms with Crippen molar-refractivity contribution >= 4 is 11.6 Å². The Hall–Kier alpha value is -2.04. The monoisotopic (exact) mass is 436 g/mol. The third kappa shape index (κ3) is 13.1. The van der Waals surface area contributed by atoms with E-state index in [1.54, 1.807) is 6.92 Å². The van der Waals surface area contributed by atoms with Gasteiger partial charge in [0.15, 0.2) is 5.78 Å². The van der Waals surface area contributed by atoms with Crippen LogP contribution in [-0.4, -0.2) is 36.0 Å². The SMILES string of the molecule is CCCC(=O)C(N=C1CCCN1C)=C(C)CC.CCCC(F)(F)CC.c1ccccc1. The maximum atomic E-state index is 12.2. The lowest BCUT2D eigenvalue weighted by Gasteiger charge is -2.13. The molecule has 31 heavy (non-hydrogen) atoms. The number of halogens is 2. The summed E-state index contributed by atoms with van der Waals surface area (Å²) in [6.45, 7) is 10.5. The zero-order valence-electron chi connectivity index (χ0n) is 20.4. The molecule has 1 aliphatic rings. The molecule has 3 nitrogen and oxygen atoms in total. The summed E-state index contributed by atoms with van der Waals surface area (Å²) in [5.74, 6) is -1.15. The molecule has 0 N–H and O–H groups in total. The Labute approximate surface area is 188 Å². The molecule has 0 saturated carbocycles. The fourth-order valence-corrected chi connectivity index (χ4v) is 2.90. The van der Waals surface area contributed by atoms with Gasteiger partial charge in [-0.25, -0.2) is 13.8 Å². The topological polar surface area (TPSA) is 32.7 Å². The molecule has 1 fully saturated rings. The first kappa shape index (κ1) is 29.0. The molecule has 1 heterocycles. The van der Waals surface area contributed by atoms with Gasteiger partial charge in [-0.3, -0.25) is 4.79 Å². The first-order chi connectivity index (χ1) is 14.7. The van der Waals surface area contributed by atoms with E-state index in [2.05, 4.69) is 23.9 Å². The number of hydrogen-bond acceptors (Lipinski definition) is 2. The first-order valence-corrected chi connectivity index (χ1v) is 11.6. The van der Waals surface area contributed by atoms with Crippen molar-refractivity contribution in [2.45, 2.75) is 91.9 Å². The van der Waals surface area contributed by atoms with Crippen LogP contribution in [0.4, 0.5) is 8.78 Å². The maximum Gasteiger partial charge on any atom is 0.247 e. The van der Waals surface area contributed by atoms with Crippen LogP contribution in [-0.2, 0) is 4.79 Å². The van der Waals surface area contributed by atoms with Crippen molar-refractivity contribution in [2.24, 2.45) is 4.99 Å². The summed E-state index contributed by atoms with van der Waals surface area (Å²) in [6.07, 6.45) is 5.11. The fourth-order valence-electron chi connectivity index (χ4n) is 2.90. The number of ketones is 1. The number of carbonyl (C=O) groups excluding carboxylic acids is 1. The average Bonchev–Trinajstić information content (AvgIpc) is 3.18. The Kier molecular flexibility index (Phi) is 15.5. The number of alkyl halides is 2. The van der Waals surface area contributed by atoms with Crippen LogP contribution in [0, 0.1) is 0 Å².